The molecule has 4 N–H and O–H groups in total. The lowest BCUT2D eigenvalue weighted by molar-refractivity contribution is 0.355. The van der Waals surface area contributed by atoms with E-state index >= 15 is 0 Å². The summed E-state index contributed by atoms with van der Waals surface area (Å²) in [5.41, 5.74) is 5.98. The molecule has 18 heteroatoms. The van der Waals surface area contributed by atoms with Gasteiger partial charge in [0.05, 0.1) is 42.7 Å². The zero-order valence-electron chi connectivity index (χ0n) is 49.5. The molecule has 0 unspecified atom stereocenters. The number of aromatic hydroxyl groups is 4. The number of fused-ring (bicyclic) bond motifs is 4. The van der Waals surface area contributed by atoms with Crippen LogP contribution in [0.3, 0.4) is 0 Å². The van der Waals surface area contributed by atoms with Crippen LogP contribution in [-0.4, -0.2) is 63.1 Å². The summed E-state index contributed by atoms with van der Waals surface area (Å²) in [6, 6.07) is 45.3. The summed E-state index contributed by atoms with van der Waals surface area (Å²) in [6.07, 6.45) is 0. The number of phenolic OH excluding ortho intramolecular Hbond substituents is 4. The maximum absolute atomic E-state index is 12.8. The van der Waals surface area contributed by atoms with Crippen molar-refractivity contribution in [3.63, 3.8) is 0 Å². The second-order valence-corrected chi connectivity index (χ2v) is 20.0. The van der Waals surface area contributed by atoms with E-state index in [1.165, 1.54) is 52.7 Å². The summed E-state index contributed by atoms with van der Waals surface area (Å²) in [7, 11) is 8.84. The normalized spacial score (nSPS) is 10.8. The van der Waals surface area contributed by atoms with Gasteiger partial charge in [-0.3, -0.25) is 19.2 Å². The van der Waals surface area contributed by atoms with Crippen LogP contribution in [-0.2, 0) is 0 Å². The number of hydrogen-bond acceptors (Lipinski definition) is 18. The van der Waals surface area contributed by atoms with Crippen LogP contribution < -0.4 is 50.1 Å². The Morgan fingerprint density at radius 1 is 0.318 bits per heavy atom. The molecule has 0 saturated carbocycles. The molecule has 4 aromatic heterocycles. The van der Waals surface area contributed by atoms with E-state index in [0.717, 1.165) is 33.4 Å². The van der Waals surface area contributed by atoms with E-state index in [-0.39, 0.29) is 84.0 Å². The van der Waals surface area contributed by atoms with Crippen LogP contribution in [0.4, 0.5) is 0 Å². The Bertz CT molecular complexity index is 4810. The molecule has 12 aromatic rings. The summed E-state index contributed by atoms with van der Waals surface area (Å²) in [4.78, 5) is 50.0. The predicted octanol–water partition coefficient (Wildman–Crippen LogP) is 13.9. The van der Waals surface area contributed by atoms with E-state index in [2.05, 4.69) is 0 Å². The van der Waals surface area contributed by atoms with Gasteiger partial charge in [-0.05, 0) is 141 Å². The minimum absolute atomic E-state index is 0.0128. The smallest absolute Gasteiger partial charge is 0.238 e. The second-order valence-electron chi connectivity index (χ2n) is 20.0. The molecular weight excluding hydrogens is 1130 g/mol. The molecule has 88 heavy (non-hydrogen) atoms. The summed E-state index contributed by atoms with van der Waals surface area (Å²) in [5, 5.41) is 40.6. The Kier molecular flexibility index (Phi) is 18.2. The van der Waals surface area contributed by atoms with Crippen molar-refractivity contribution in [2.24, 2.45) is 0 Å². The molecule has 12 rings (SSSR count). The maximum atomic E-state index is 12.8. The van der Waals surface area contributed by atoms with Gasteiger partial charge >= 0.3 is 0 Å². The fourth-order valence-corrected chi connectivity index (χ4v) is 9.83. The lowest BCUT2D eigenvalue weighted by atomic mass is 10.1. The predicted molar refractivity (Wildman–Crippen MR) is 337 cm³/mol. The number of hydrogen-bond donors (Lipinski definition) is 4. The standard InChI is InChI=1S/C19H18O6.C18H16O5.C17H14O4.C16H12O3/c1-10-7-12(20)16-15(8-10)25-18(19(24-4)17(16)21)11-5-6-13(22-2)14(9-11)23-3;1-10-8-13(19)15-14(9-10)23-17(18(22-3)16(15)20)11-4-6-12(21-2)7-5-11;1-10-8-12(18)14-13(9-10)21-16(17(20-2)15(14)19)11-6-4-3-5-7-11;1-10-7-12(17)16-13(18)9-14(19-15(16)8-10)11-5-3-2-4-6-11/h5-9,20H,1-4H3;4-9,19H,1-3H3;3-9,18H,1-2H3;2-9,17H,1H3. The van der Waals surface area contributed by atoms with Crippen LogP contribution in [0, 0.1) is 27.7 Å². The molecule has 0 spiro atoms. The first kappa shape index (κ1) is 61.2. The largest absolute Gasteiger partial charge is 0.507 e. The van der Waals surface area contributed by atoms with E-state index in [1.807, 2.05) is 81.4 Å². The quantitative estimate of drug-likeness (QED) is 0.0992. The molecule has 0 atom stereocenters. The highest BCUT2D eigenvalue weighted by Crippen LogP contribution is 2.40. The van der Waals surface area contributed by atoms with Crippen LogP contribution >= 0.6 is 0 Å². The maximum Gasteiger partial charge on any atom is 0.238 e. The van der Waals surface area contributed by atoms with E-state index in [9.17, 15) is 39.6 Å². The van der Waals surface area contributed by atoms with Gasteiger partial charge in [0.15, 0.2) is 34.2 Å². The van der Waals surface area contributed by atoms with E-state index in [1.54, 1.807) is 93.9 Å². The van der Waals surface area contributed by atoms with Crippen molar-refractivity contribution in [1.29, 1.82) is 0 Å². The molecule has 0 aliphatic rings. The van der Waals surface area contributed by atoms with Crippen LogP contribution in [0.1, 0.15) is 22.3 Å². The minimum atomic E-state index is -0.439. The first-order valence-electron chi connectivity index (χ1n) is 27.1. The molecule has 0 amide bonds. The Labute approximate surface area is 502 Å². The molecule has 0 saturated heterocycles. The second kappa shape index (κ2) is 26.3. The number of ether oxygens (including phenoxy) is 6. The lowest BCUT2D eigenvalue weighted by Gasteiger charge is -2.12. The highest BCUT2D eigenvalue weighted by Gasteiger charge is 2.23. The van der Waals surface area contributed by atoms with Crippen LogP contribution in [0.15, 0.2) is 195 Å². The van der Waals surface area contributed by atoms with Crippen molar-refractivity contribution >= 4 is 43.9 Å². The monoisotopic (exact) mass is 1190 g/mol. The number of rotatable bonds is 10. The Morgan fingerprint density at radius 3 is 1.06 bits per heavy atom. The third-order valence-corrected chi connectivity index (χ3v) is 13.9. The van der Waals surface area contributed by atoms with Crippen molar-refractivity contribution in [2.75, 3.05) is 42.7 Å². The molecule has 0 fully saturated rings. The average molecular weight is 1190 g/mol. The Hall–Kier alpha value is -11.4. The molecule has 0 radical (unpaired) electrons. The highest BCUT2D eigenvalue weighted by molar-refractivity contribution is 5.90. The van der Waals surface area contributed by atoms with Gasteiger partial charge in [0.2, 0.25) is 33.5 Å². The molecule has 0 aliphatic carbocycles. The molecule has 18 nitrogen and oxygen atoms in total. The SMILES string of the molecule is COc1c(-c2ccccc2)oc2cc(C)cc(O)c2c1=O.COc1ccc(-c2oc3cc(C)cc(O)c3c(=O)c2OC)cc1.COc1ccc(-c2oc3cc(C)cc(O)c3c(=O)c2OC)cc1OC.Cc1cc(O)c2c(=O)cc(-c3ccccc3)oc2c1. The van der Waals surface area contributed by atoms with Crippen LogP contribution in [0.5, 0.6) is 57.5 Å². The fraction of sp³-hybridized carbons (Fsp3) is 0.143. The number of benzene rings is 8. The van der Waals surface area contributed by atoms with E-state index in [4.69, 9.17) is 46.1 Å². The molecule has 0 bridgehead atoms. The van der Waals surface area contributed by atoms with E-state index < -0.39 is 10.9 Å². The first-order valence-corrected chi connectivity index (χ1v) is 27.1. The van der Waals surface area contributed by atoms with Gasteiger partial charge in [-0.2, -0.15) is 0 Å². The van der Waals surface area contributed by atoms with Crippen molar-refractivity contribution in [3.8, 4) is 103 Å². The van der Waals surface area contributed by atoms with Gasteiger partial charge in [0.25, 0.3) is 0 Å². The Morgan fingerprint density at radius 2 is 0.670 bits per heavy atom. The third kappa shape index (κ3) is 12.5. The van der Waals surface area contributed by atoms with Gasteiger partial charge < -0.3 is 66.5 Å². The van der Waals surface area contributed by atoms with Crippen molar-refractivity contribution < 1.29 is 66.5 Å². The Balaban J connectivity index is 0.000000140. The topological polar surface area (TPSA) is 257 Å². The van der Waals surface area contributed by atoms with Crippen molar-refractivity contribution in [1.82, 2.24) is 0 Å². The molecule has 4 heterocycles. The summed E-state index contributed by atoms with van der Waals surface area (Å²) in [5.74, 6) is 2.96. The summed E-state index contributed by atoms with van der Waals surface area (Å²) in [6.45, 7) is 7.29. The minimum Gasteiger partial charge on any atom is -0.507 e. The van der Waals surface area contributed by atoms with Gasteiger partial charge in [0, 0.05) is 28.3 Å². The van der Waals surface area contributed by atoms with Gasteiger partial charge in [-0.25, -0.2) is 0 Å². The number of phenols is 4. The summed E-state index contributed by atoms with van der Waals surface area (Å²) < 4.78 is 54.7. The van der Waals surface area contributed by atoms with Gasteiger partial charge in [-0.15, -0.1) is 0 Å². The molecule has 8 aromatic carbocycles. The third-order valence-electron chi connectivity index (χ3n) is 13.9. The highest BCUT2D eigenvalue weighted by atomic mass is 16.5. The average Bonchev–Trinajstić information content (AvgIpc) is 1.75. The molecule has 0 aliphatic heterocycles. The number of methoxy groups -OCH3 is 6. The van der Waals surface area contributed by atoms with Gasteiger partial charge in [-0.1, -0.05) is 60.7 Å². The van der Waals surface area contributed by atoms with Gasteiger partial charge in [0.1, 0.15) is 78.4 Å². The molecular formula is C70H60O18. The van der Waals surface area contributed by atoms with Crippen LogP contribution in [0.25, 0.3) is 89.2 Å². The lowest BCUT2D eigenvalue weighted by Crippen LogP contribution is -2.08. The zero-order valence-corrected chi connectivity index (χ0v) is 49.5. The number of aryl methyl sites for hydroxylation is 4. The first-order chi connectivity index (χ1) is 42.3. The van der Waals surface area contributed by atoms with Crippen molar-refractivity contribution in [3.05, 3.63) is 221 Å². The molecule has 448 valence electrons. The van der Waals surface area contributed by atoms with E-state index in [0.29, 0.717) is 62.4 Å². The van der Waals surface area contributed by atoms with Crippen molar-refractivity contribution in [2.45, 2.75) is 27.7 Å². The van der Waals surface area contributed by atoms with Crippen LogP contribution in [0.2, 0.25) is 0 Å². The zero-order chi connectivity index (χ0) is 63.1. The summed E-state index contributed by atoms with van der Waals surface area (Å²) >= 11 is 0. The fourth-order valence-electron chi connectivity index (χ4n) is 9.83.